The van der Waals surface area contributed by atoms with Crippen molar-refractivity contribution < 1.29 is 32.5 Å². The largest absolute Gasteiger partial charge is 0.502 e. The third kappa shape index (κ3) is 3.03. The van der Waals surface area contributed by atoms with Crippen LogP contribution < -0.4 is 14.2 Å². The minimum Gasteiger partial charge on any atom is -0.502 e. The minimum atomic E-state index is -3.68. The molecular formula is C13H15NO7S. The van der Waals surface area contributed by atoms with E-state index in [9.17, 15) is 18.6 Å². The standard InChI is InChI=1S/C13H15NO7S/c1-19-7-4-5-8(9(6-7)20-2)12-10(15)11(16)13(21-12)14-22(3,17)18/h4-6,14-16H,1-3H3. The van der Waals surface area contributed by atoms with E-state index in [2.05, 4.69) is 0 Å². The number of sulfonamides is 1. The second kappa shape index (κ2) is 5.68. The van der Waals surface area contributed by atoms with Crippen LogP contribution >= 0.6 is 0 Å². The number of nitrogens with one attached hydrogen (secondary N) is 1. The van der Waals surface area contributed by atoms with E-state index in [1.54, 1.807) is 18.2 Å². The summed E-state index contributed by atoms with van der Waals surface area (Å²) in [5, 5.41) is 19.7. The van der Waals surface area contributed by atoms with E-state index in [4.69, 9.17) is 13.9 Å². The average molecular weight is 329 g/mol. The van der Waals surface area contributed by atoms with Crippen LogP contribution in [0.4, 0.5) is 5.88 Å². The lowest BCUT2D eigenvalue weighted by Gasteiger charge is -2.08. The second-order valence-corrected chi connectivity index (χ2v) is 6.15. The fraction of sp³-hybridized carbons (Fsp3) is 0.231. The quantitative estimate of drug-likeness (QED) is 0.764. The van der Waals surface area contributed by atoms with E-state index in [-0.39, 0.29) is 5.76 Å². The van der Waals surface area contributed by atoms with Crippen molar-refractivity contribution >= 4 is 15.9 Å². The summed E-state index contributed by atoms with van der Waals surface area (Å²) in [6.07, 6.45) is 0.889. The smallest absolute Gasteiger partial charge is 0.253 e. The molecule has 2 rings (SSSR count). The maximum Gasteiger partial charge on any atom is 0.253 e. The Kier molecular flexibility index (Phi) is 4.09. The van der Waals surface area contributed by atoms with Crippen LogP contribution in [0.1, 0.15) is 0 Å². The third-order valence-corrected chi connectivity index (χ3v) is 3.35. The van der Waals surface area contributed by atoms with Gasteiger partial charge in [-0.25, -0.2) is 8.42 Å². The van der Waals surface area contributed by atoms with Gasteiger partial charge in [-0.2, -0.15) is 0 Å². The highest BCUT2D eigenvalue weighted by molar-refractivity contribution is 7.92. The van der Waals surface area contributed by atoms with Crippen molar-refractivity contribution in [2.45, 2.75) is 0 Å². The van der Waals surface area contributed by atoms with Gasteiger partial charge >= 0.3 is 0 Å². The van der Waals surface area contributed by atoms with E-state index in [0.717, 1.165) is 6.26 Å². The van der Waals surface area contributed by atoms with E-state index in [0.29, 0.717) is 17.1 Å². The Labute approximate surface area is 127 Å². The first kappa shape index (κ1) is 15.8. The molecule has 8 nitrogen and oxygen atoms in total. The molecule has 0 spiro atoms. The van der Waals surface area contributed by atoms with Crippen LogP contribution in [0.15, 0.2) is 22.6 Å². The molecule has 1 aromatic heterocycles. The number of methoxy groups -OCH3 is 2. The Morgan fingerprint density at radius 1 is 1.14 bits per heavy atom. The molecule has 0 bridgehead atoms. The van der Waals surface area contributed by atoms with Gasteiger partial charge in [0.2, 0.25) is 21.5 Å². The summed E-state index contributed by atoms with van der Waals surface area (Å²) in [6.45, 7) is 0. The van der Waals surface area contributed by atoms with Crippen molar-refractivity contribution in [1.29, 1.82) is 0 Å². The van der Waals surface area contributed by atoms with Crippen molar-refractivity contribution in [3.8, 4) is 34.3 Å². The van der Waals surface area contributed by atoms with Gasteiger partial charge in [0.05, 0.1) is 26.0 Å². The molecule has 1 aromatic carbocycles. The molecule has 0 radical (unpaired) electrons. The molecular weight excluding hydrogens is 314 g/mol. The van der Waals surface area contributed by atoms with Crippen LogP contribution in [-0.4, -0.2) is 39.1 Å². The molecule has 9 heteroatoms. The molecule has 2 aromatic rings. The van der Waals surface area contributed by atoms with Gasteiger partial charge in [-0.3, -0.25) is 4.72 Å². The molecule has 0 aliphatic rings. The number of hydrogen-bond donors (Lipinski definition) is 3. The van der Waals surface area contributed by atoms with Crippen molar-refractivity contribution in [2.24, 2.45) is 0 Å². The SMILES string of the molecule is COc1ccc(-c2oc(NS(C)(=O)=O)c(O)c2O)c(OC)c1. The highest BCUT2D eigenvalue weighted by Gasteiger charge is 2.25. The molecule has 1 heterocycles. The minimum absolute atomic E-state index is 0.136. The van der Waals surface area contributed by atoms with Gasteiger partial charge in [0.25, 0.3) is 5.88 Å². The van der Waals surface area contributed by atoms with E-state index < -0.39 is 27.4 Å². The van der Waals surface area contributed by atoms with E-state index in [1.807, 2.05) is 4.72 Å². The molecule has 0 aliphatic carbocycles. The van der Waals surface area contributed by atoms with Crippen molar-refractivity contribution in [3.63, 3.8) is 0 Å². The number of rotatable bonds is 5. The van der Waals surface area contributed by atoms with E-state index in [1.165, 1.54) is 14.2 Å². The molecule has 0 unspecified atom stereocenters. The van der Waals surface area contributed by atoms with Gasteiger partial charge < -0.3 is 24.1 Å². The van der Waals surface area contributed by atoms with Crippen LogP contribution in [0, 0.1) is 0 Å². The van der Waals surface area contributed by atoms with Gasteiger partial charge in [0, 0.05) is 6.07 Å². The monoisotopic (exact) mass is 329 g/mol. The first-order valence-corrected chi connectivity index (χ1v) is 7.91. The van der Waals surface area contributed by atoms with Crippen molar-refractivity contribution in [1.82, 2.24) is 0 Å². The average Bonchev–Trinajstić information content (AvgIpc) is 2.73. The van der Waals surface area contributed by atoms with Crippen LogP contribution in [0.5, 0.6) is 23.0 Å². The summed E-state index contributed by atoms with van der Waals surface area (Å²) in [5.74, 6) is -1.09. The predicted molar refractivity (Wildman–Crippen MR) is 79.0 cm³/mol. The Balaban J connectivity index is 2.56. The van der Waals surface area contributed by atoms with Crippen LogP contribution in [-0.2, 0) is 10.0 Å². The number of anilines is 1. The first-order valence-electron chi connectivity index (χ1n) is 6.01. The Hall–Kier alpha value is -2.55. The summed E-state index contributed by atoms with van der Waals surface area (Å²) in [6, 6.07) is 4.69. The number of hydrogen-bond acceptors (Lipinski definition) is 7. The fourth-order valence-electron chi connectivity index (χ4n) is 1.82. The third-order valence-electron chi connectivity index (χ3n) is 2.79. The number of furan rings is 1. The van der Waals surface area contributed by atoms with Crippen molar-refractivity contribution in [2.75, 3.05) is 25.2 Å². The zero-order chi connectivity index (χ0) is 16.5. The maximum absolute atomic E-state index is 11.2. The Morgan fingerprint density at radius 3 is 2.36 bits per heavy atom. The lowest BCUT2D eigenvalue weighted by molar-refractivity contribution is 0.393. The molecule has 0 atom stereocenters. The lowest BCUT2D eigenvalue weighted by Crippen LogP contribution is -2.08. The predicted octanol–water partition coefficient (Wildman–Crippen LogP) is 1.75. The Bertz CT molecular complexity index is 795. The molecule has 0 fully saturated rings. The summed E-state index contributed by atoms with van der Waals surface area (Å²) >= 11 is 0. The number of ether oxygens (including phenoxy) is 2. The molecule has 0 aliphatic heterocycles. The lowest BCUT2D eigenvalue weighted by atomic mass is 10.1. The van der Waals surface area contributed by atoms with E-state index >= 15 is 0 Å². The zero-order valence-electron chi connectivity index (χ0n) is 12.1. The van der Waals surface area contributed by atoms with Gasteiger partial charge in [-0.05, 0) is 12.1 Å². The molecule has 0 saturated heterocycles. The normalized spacial score (nSPS) is 11.2. The van der Waals surface area contributed by atoms with Gasteiger partial charge in [0.15, 0.2) is 5.76 Å². The maximum atomic E-state index is 11.2. The summed E-state index contributed by atoms with van der Waals surface area (Å²) in [4.78, 5) is 0. The highest BCUT2D eigenvalue weighted by Crippen LogP contribution is 2.48. The number of aromatic hydroxyl groups is 2. The van der Waals surface area contributed by atoms with Crippen LogP contribution in [0.25, 0.3) is 11.3 Å². The van der Waals surface area contributed by atoms with Crippen molar-refractivity contribution in [3.05, 3.63) is 18.2 Å². The molecule has 0 amide bonds. The van der Waals surface area contributed by atoms with Gasteiger partial charge in [-0.15, -0.1) is 0 Å². The fourth-order valence-corrected chi connectivity index (χ4v) is 2.30. The second-order valence-electron chi connectivity index (χ2n) is 4.40. The number of benzene rings is 1. The molecule has 3 N–H and O–H groups in total. The molecule has 0 saturated carbocycles. The first-order chi connectivity index (χ1) is 10.3. The summed E-state index contributed by atoms with van der Waals surface area (Å²) in [7, 11) is -0.782. The van der Waals surface area contributed by atoms with Crippen LogP contribution in [0.2, 0.25) is 0 Å². The van der Waals surface area contributed by atoms with Crippen LogP contribution in [0.3, 0.4) is 0 Å². The molecule has 120 valence electrons. The Morgan fingerprint density at radius 2 is 1.82 bits per heavy atom. The molecule has 22 heavy (non-hydrogen) atoms. The topological polar surface area (TPSA) is 118 Å². The van der Waals surface area contributed by atoms with Gasteiger partial charge in [-0.1, -0.05) is 0 Å². The zero-order valence-corrected chi connectivity index (χ0v) is 12.9. The summed E-state index contributed by atoms with van der Waals surface area (Å²) in [5.41, 5.74) is 0.317. The van der Waals surface area contributed by atoms with Gasteiger partial charge in [0.1, 0.15) is 11.5 Å². The summed E-state index contributed by atoms with van der Waals surface area (Å²) < 4.78 is 39.8. The highest BCUT2D eigenvalue weighted by atomic mass is 32.2.